The third-order valence-corrected chi connectivity index (χ3v) is 6.80. The predicted octanol–water partition coefficient (Wildman–Crippen LogP) is 4.52. The second-order valence-corrected chi connectivity index (χ2v) is 8.97. The number of fused-ring (bicyclic) bond motifs is 1. The van der Waals surface area contributed by atoms with E-state index < -0.39 is 17.8 Å². The minimum atomic E-state index is -0.599. The molecule has 2 aromatic carbocycles. The molecular formula is C26H26N2O5S. The molecule has 0 fully saturated rings. The van der Waals surface area contributed by atoms with Crippen molar-refractivity contribution >= 4 is 34.2 Å². The third kappa shape index (κ3) is 5.03. The van der Waals surface area contributed by atoms with Gasteiger partial charge in [-0.2, -0.15) is 0 Å². The molecule has 0 radical (unpaired) electrons. The maximum Gasteiger partial charge on any atom is 0.341 e. The first kappa shape index (κ1) is 23.7. The molecule has 0 spiro atoms. The first-order valence-corrected chi connectivity index (χ1v) is 11.9. The predicted molar refractivity (Wildman–Crippen MR) is 130 cm³/mol. The Kier molecular flexibility index (Phi) is 7.40. The average molecular weight is 479 g/mol. The minimum absolute atomic E-state index is 0.163. The molecule has 4 rings (SSSR count). The Labute approximate surface area is 202 Å². The summed E-state index contributed by atoms with van der Waals surface area (Å²) < 4.78 is 10.1. The summed E-state index contributed by atoms with van der Waals surface area (Å²) in [5, 5.41) is 3.30. The van der Waals surface area contributed by atoms with Gasteiger partial charge in [-0.05, 0) is 36.6 Å². The number of benzene rings is 2. The quantitative estimate of drug-likeness (QED) is 0.503. The fourth-order valence-electron chi connectivity index (χ4n) is 4.08. The number of hydrogen-bond donors (Lipinski definition) is 1. The zero-order chi connectivity index (χ0) is 24.1. The second kappa shape index (κ2) is 10.6. The number of methoxy groups -OCH3 is 1. The number of nitrogens with one attached hydrogen (secondary N) is 1. The van der Waals surface area contributed by atoms with Crippen molar-refractivity contribution in [3.8, 4) is 0 Å². The van der Waals surface area contributed by atoms with Gasteiger partial charge >= 0.3 is 11.9 Å². The molecule has 0 atom stereocenters. The lowest BCUT2D eigenvalue weighted by molar-refractivity contribution is 0.0524. The molecule has 7 nitrogen and oxygen atoms in total. The number of nitrogens with zero attached hydrogens (tertiary/aromatic N) is 1. The summed E-state index contributed by atoms with van der Waals surface area (Å²) in [7, 11) is 1.27. The Bertz CT molecular complexity index is 1210. The molecule has 8 heteroatoms. The maximum absolute atomic E-state index is 13.1. The van der Waals surface area contributed by atoms with Crippen molar-refractivity contribution in [3.05, 3.63) is 87.3 Å². The van der Waals surface area contributed by atoms with Crippen LogP contribution in [-0.2, 0) is 29.0 Å². The summed E-state index contributed by atoms with van der Waals surface area (Å²) in [4.78, 5) is 41.5. The Morgan fingerprint density at radius 3 is 2.41 bits per heavy atom. The van der Waals surface area contributed by atoms with Crippen LogP contribution in [0.3, 0.4) is 0 Å². The number of rotatable bonds is 7. The lowest BCUT2D eigenvalue weighted by Gasteiger charge is -2.27. The summed E-state index contributed by atoms with van der Waals surface area (Å²) in [6, 6.07) is 16.7. The van der Waals surface area contributed by atoms with Crippen molar-refractivity contribution < 1.29 is 23.9 Å². The van der Waals surface area contributed by atoms with Crippen LogP contribution >= 0.6 is 11.3 Å². The second-order valence-electron chi connectivity index (χ2n) is 7.87. The summed E-state index contributed by atoms with van der Waals surface area (Å²) in [6.45, 7) is 4.27. The molecular weight excluding hydrogens is 452 g/mol. The molecule has 34 heavy (non-hydrogen) atoms. The van der Waals surface area contributed by atoms with Crippen LogP contribution in [0.4, 0.5) is 5.00 Å². The third-order valence-electron chi connectivity index (χ3n) is 5.67. The highest BCUT2D eigenvalue weighted by atomic mass is 32.1. The van der Waals surface area contributed by atoms with Gasteiger partial charge in [-0.15, -0.1) is 11.3 Å². The van der Waals surface area contributed by atoms with Crippen molar-refractivity contribution in [3.63, 3.8) is 0 Å². The van der Waals surface area contributed by atoms with Gasteiger partial charge in [0.05, 0.1) is 30.4 Å². The number of thiophene rings is 1. The van der Waals surface area contributed by atoms with Crippen LogP contribution in [0.2, 0.25) is 0 Å². The van der Waals surface area contributed by atoms with Crippen LogP contribution in [0, 0.1) is 0 Å². The Hall–Kier alpha value is -3.49. The van der Waals surface area contributed by atoms with Crippen molar-refractivity contribution in [2.24, 2.45) is 0 Å². The van der Waals surface area contributed by atoms with Crippen LogP contribution < -0.4 is 5.32 Å². The molecule has 0 saturated carbocycles. The molecule has 0 saturated heterocycles. The van der Waals surface area contributed by atoms with Gasteiger partial charge in [0.25, 0.3) is 5.91 Å². The molecule has 1 N–H and O–H groups in total. The lowest BCUT2D eigenvalue weighted by Crippen LogP contribution is -2.30. The summed E-state index contributed by atoms with van der Waals surface area (Å²) in [5.74, 6) is -1.53. The van der Waals surface area contributed by atoms with Gasteiger partial charge in [0.1, 0.15) is 5.00 Å². The molecule has 2 heterocycles. The Balaban J connectivity index is 1.62. The van der Waals surface area contributed by atoms with E-state index in [0.717, 1.165) is 23.5 Å². The standard InChI is InChI=1S/C26H26N2O5S/c1-3-33-26(31)22-20-13-14-28(15-17-9-5-4-6-10-17)16-21(20)34-24(22)27-23(29)18-11-7-8-12-19(18)25(30)32-2/h4-12H,3,13-16H2,1-2H3,(H,27,29). The van der Waals surface area contributed by atoms with E-state index in [-0.39, 0.29) is 17.7 Å². The molecule has 1 aliphatic rings. The molecule has 1 aliphatic heterocycles. The van der Waals surface area contributed by atoms with Crippen molar-refractivity contribution in [2.75, 3.05) is 25.6 Å². The van der Waals surface area contributed by atoms with Gasteiger partial charge in [0.2, 0.25) is 0 Å². The van der Waals surface area contributed by atoms with Gasteiger partial charge in [-0.3, -0.25) is 9.69 Å². The number of ether oxygens (including phenoxy) is 2. The van der Waals surface area contributed by atoms with Gasteiger partial charge in [-0.1, -0.05) is 42.5 Å². The van der Waals surface area contributed by atoms with Crippen LogP contribution in [-0.4, -0.2) is 43.0 Å². The first-order chi connectivity index (χ1) is 16.5. The zero-order valence-corrected chi connectivity index (χ0v) is 19.9. The number of amides is 1. The van der Waals surface area contributed by atoms with E-state index in [9.17, 15) is 14.4 Å². The van der Waals surface area contributed by atoms with Gasteiger partial charge < -0.3 is 14.8 Å². The molecule has 3 aromatic rings. The minimum Gasteiger partial charge on any atom is -0.465 e. The normalized spacial score (nSPS) is 13.1. The van der Waals surface area contributed by atoms with Gasteiger partial charge in [0.15, 0.2) is 0 Å². The van der Waals surface area contributed by atoms with E-state index in [2.05, 4.69) is 22.3 Å². The number of carbonyl (C=O) groups is 3. The number of hydrogen-bond acceptors (Lipinski definition) is 7. The van der Waals surface area contributed by atoms with Crippen molar-refractivity contribution in [2.45, 2.75) is 26.4 Å². The molecule has 176 valence electrons. The summed E-state index contributed by atoms with van der Waals surface area (Å²) in [5.41, 5.74) is 2.90. The van der Waals surface area contributed by atoms with Crippen LogP contribution in [0.25, 0.3) is 0 Å². The molecule has 0 bridgehead atoms. The van der Waals surface area contributed by atoms with E-state index in [1.807, 2.05) is 18.2 Å². The zero-order valence-electron chi connectivity index (χ0n) is 19.1. The van der Waals surface area contributed by atoms with Crippen LogP contribution in [0.1, 0.15) is 54.0 Å². The van der Waals surface area contributed by atoms with E-state index in [0.29, 0.717) is 23.5 Å². The van der Waals surface area contributed by atoms with Gasteiger partial charge in [-0.25, -0.2) is 9.59 Å². The fraction of sp³-hybridized carbons (Fsp3) is 0.269. The number of anilines is 1. The van der Waals surface area contributed by atoms with E-state index in [1.54, 1.807) is 25.1 Å². The largest absolute Gasteiger partial charge is 0.465 e. The highest BCUT2D eigenvalue weighted by molar-refractivity contribution is 7.17. The fourth-order valence-corrected chi connectivity index (χ4v) is 5.35. The Morgan fingerprint density at radius 2 is 1.71 bits per heavy atom. The van der Waals surface area contributed by atoms with Crippen molar-refractivity contribution in [1.82, 2.24) is 4.90 Å². The summed E-state index contributed by atoms with van der Waals surface area (Å²) >= 11 is 1.38. The SMILES string of the molecule is CCOC(=O)c1c(NC(=O)c2ccccc2C(=O)OC)sc2c1CCN(Cc1ccccc1)C2. The number of esters is 2. The monoisotopic (exact) mass is 478 g/mol. The highest BCUT2D eigenvalue weighted by Gasteiger charge is 2.30. The topological polar surface area (TPSA) is 84.9 Å². The lowest BCUT2D eigenvalue weighted by atomic mass is 10.0. The summed E-state index contributed by atoms with van der Waals surface area (Å²) in [6.07, 6.45) is 0.682. The smallest absolute Gasteiger partial charge is 0.341 e. The van der Waals surface area contributed by atoms with Crippen LogP contribution in [0.5, 0.6) is 0 Å². The van der Waals surface area contributed by atoms with E-state index in [4.69, 9.17) is 9.47 Å². The van der Waals surface area contributed by atoms with E-state index in [1.165, 1.54) is 30.1 Å². The average Bonchev–Trinajstić information content (AvgIpc) is 3.21. The van der Waals surface area contributed by atoms with Crippen molar-refractivity contribution in [1.29, 1.82) is 0 Å². The number of carbonyl (C=O) groups excluding carboxylic acids is 3. The highest BCUT2D eigenvalue weighted by Crippen LogP contribution is 2.38. The maximum atomic E-state index is 13.1. The first-order valence-electron chi connectivity index (χ1n) is 11.1. The molecule has 0 unspecified atom stereocenters. The van der Waals surface area contributed by atoms with Gasteiger partial charge in [0, 0.05) is 24.5 Å². The van der Waals surface area contributed by atoms with E-state index >= 15 is 0 Å². The Morgan fingerprint density at radius 1 is 1.00 bits per heavy atom. The molecule has 1 amide bonds. The molecule has 0 aliphatic carbocycles. The van der Waals surface area contributed by atoms with Crippen LogP contribution in [0.15, 0.2) is 54.6 Å². The molecule has 1 aromatic heterocycles.